The molecule has 0 saturated heterocycles. The van der Waals surface area contributed by atoms with Crippen LogP contribution in [-0.4, -0.2) is 14.5 Å². The van der Waals surface area contributed by atoms with E-state index in [4.69, 9.17) is 16.5 Å². The first-order valence-electron chi connectivity index (χ1n) is 16.1. The van der Waals surface area contributed by atoms with Gasteiger partial charge in [0.1, 0.15) is 0 Å². The van der Waals surface area contributed by atoms with Crippen molar-refractivity contribution in [3.63, 3.8) is 0 Å². The van der Waals surface area contributed by atoms with Gasteiger partial charge >= 0.3 is 0 Å². The lowest BCUT2D eigenvalue weighted by molar-refractivity contribution is 0.590. The minimum absolute atomic E-state index is 0.0162. The lowest BCUT2D eigenvalue weighted by Crippen LogP contribution is -2.10. The van der Waals surface area contributed by atoms with Crippen molar-refractivity contribution in [2.75, 3.05) is 0 Å². The molecule has 4 heteroatoms. The van der Waals surface area contributed by atoms with Crippen molar-refractivity contribution < 1.29 is 0 Å². The molecule has 0 radical (unpaired) electrons. The van der Waals surface area contributed by atoms with E-state index in [1.54, 1.807) is 0 Å². The van der Waals surface area contributed by atoms with E-state index in [-0.39, 0.29) is 10.8 Å². The molecule has 47 heavy (non-hydrogen) atoms. The van der Waals surface area contributed by atoms with Crippen molar-refractivity contribution in [1.82, 2.24) is 14.5 Å². The van der Waals surface area contributed by atoms with Gasteiger partial charge in [0.15, 0.2) is 5.82 Å². The molecule has 0 bridgehead atoms. The van der Waals surface area contributed by atoms with Gasteiger partial charge in [-0.15, -0.1) is 0 Å². The summed E-state index contributed by atoms with van der Waals surface area (Å²) in [5.74, 6) is 0.655. The molecule has 230 valence electrons. The van der Waals surface area contributed by atoms with Crippen molar-refractivity contribution >= 4 is 27.5 Å². The van der Waals surface area contributed by atoms with Crippen LogP contribution in [0, 0.1) is 6.57 Å². The maximum Gasteiger partial charge on any atom is 0.211 e. The molecule has 2 aromatic heterocycles. The normalized spacial score (nSPS) is 12.0. The van der Waals surface area contributed by atoms with Crippen LogP contribution < -0.4 is 0 Å². The molecule has 0 aliphatic rings. The van der Waals surface area contributed by atoms with E-state index in [0.29, 0.717) is 11.5 Å². The number of hydrogen-bond acceptors (Lipinski definition) is 2. The summed E-state index contributed by atoms with van der Waals surface area (Å²) in [6.07, 6.45) is 0. The van der Waals surface area contributed by atoms with Gasteiger partial charge in [0.2, 0.25) is 5.69 Å². The van der Waals surface area contributed by atoms with Gasteiger partial charge in [0.05, 0.1) is 34.7 Å². The van der Waals surface area contributed by atoms with E-state index >= 15 is 0 Å². The van der Waals surface area contributed by atoms with Crippen LogP contribution in [0.15, 0.2) is 121 Å². The number of hydrogen-bond donors (Lipinski definition) is 0. The maximum atomic E-state index is 8.33. The summed E-state index contributed by atoms with van der Waals surface area (Å²) < 4.78 is 2.26. The number of nitrogens with zero attached hydrogens (tertiary/aromatic N) is 4. The maximum absolute atomic E-state index is 8.33. The standard InChI is InChI=1S/C43H38N4/c1-42(2,3)31-19-22-38-33(25-31)34-26-32(43(4,5)6)20-23-39(34)47(38)40-21-18-30(24-37(40)44-7)36-27-35(28-14-10-8-11-15-28)45-41(46-36)29-16-12-9-13-17-29/h8-27H,1-6H3. The van der Waals surface area contributed by atoms with E-state index < -0.39 is 0 Å². The summed E-state index contributed by atoms with van der Waals surface area (Å²) in [6, 6.07) is 41.9. The molecule has 0 aliphatic heterocycles. The summed E-state index contributed by atoms with van der Waals surface area (Å²) in [7, 11) is 0. The van der Waals surface area contributed by atoms with E-state index in [1.165, 1.54) is 21.9 Å². The van der Waals surface area contributed by atoms with Gasteiger partial charge in [-0.3, -0.25) is 0 Å². The van der Waals surface area contributed by atoms with Gasteiger partial charge in [0.25, 0.3) is 0 Å². The van der Waals surface area contributed by atoms with Gasteiger partial charge in [-0.2, -0.15) is 0 Å². The Hall–Kier alpha value is -5.53. The molecule has 0 N–H and O–H groups in total. The van der Waals surface area contributed by atoms with Gasteiger partial charge in [-0.1, -0.05) is 120 Å². The van der Waals surface area contributed by atoms with Crippen LogP contribution in [0.1, 0.15) is 52.7 Å². The topological polar surface area (TPSA) is 35.1 Å². The Morgan fingerprint density at radius 1 is 0.532 bits per heavy atom. The Balaban J connectivity index is 1.44. The Bertz CT molecular complexity index is 2180. The van der Waals surface area contributed by atoms with Gasteiger partial charge in [-0.25, -0.2) is 14.8 Å². The molecule has 0 atom stereocenters. The lowest BCUT2D eigenvalue weighted by Gasteiger charge is -2.19. The fourth-order valence-electron chi connectivity index (χ4n) is 6.25. The summed E-state index contributed by atoms with van der Waals surface area (Å²) in [6.45, 7) is 21.8. The first-order chi connectivity index (χ1) is 22.5. The Labute approximate surface area is 277 Å². The van der Waals surface area contributed by atoms with Crippen molar-refractivity contribution in [3.05, 3.63) is 144 Å². The molecule has 0 amide bonds. The van der Waals surface area contributed by atoms with Crippen LogP contribution in [0.2, 0.25) is 0 Å². The molecule has 0 unspecified atom stereocenters. The minimum Gasteiger partial charge on any atom is -0.319 e. The molecule has 0 spiro atoms. The average molecular weight is 611 g/mol. The number of rotatable bonds is 4. The van der Waals surface area contributed by atoms with Crippen molar-refractivity contribution in [2.24, 2.45) is 0 Å². The molecular weight excluding hydrogens is 573 g/mol. The second-order valence-corrected chi connectivity index (χ2v) is 14.3. The van der Waals surface area contributed by atoms with Crippen molar-refractivity contribution in [3.8, 4) is 39.6 Å². The predicted octanol–water partition coefficient (Wildman–Crippen LogP) is 11.7. The molecule has 5 aromatic carbocycles. The highest BCUT2D eigenvalue weighted by Crippen LogP contribution is 2.40. The van der Waals surface area contributed by atoms with Crippen LogP contribution in [0.25, 0.3) is 66.2 Å². The van der Waals surface area contributed by atoms with E-state index in [1.807, 2.05) is 60.7 Å². The third kappa shape index (κ3) is 5.59. The molecule has 7 aromatic rings. The Morgan fingerprint density at radius 2 is 1.04 bits per heavy atom. The first kappa shape index (κ1) is 30.1. The molecule has 0 fully saturated rings. The monoisotopic (exact) mass is 610 g/mol. The fourth-order valence-corrected chi connectivity index (χ4v) is 6.25. The Kier molecular flexibility index (Phi) is 7.29. The van der Waals surface area contributed by atoms with Crippen molar-refractivity contribution in [1.29, 1.82) is 0 Å². The molecule has 0 saturated carbocycles. The van der Waals surface area contributed by atoms with Gasteiger partial charge < -0.3 is 4.57 Å². The molecule has 4 nitrogen and oxygen atoms in total. The molecule has 0 aliphatic carbocycles. The molecule has 7 rings (SSSR count). The summed E-state index contributed by atoms with van der Waals surface area (Å²) in [5.41, 5.74) is 10.7. The second kappa shape index (κ2) is 11.4. The van der Waals surface area contributed by atoms with Gasteiger partial charge in [0, 0.05) is 21.9 Å². The number of aromatic nitrogens is 3. The largest absolute Gasteiger partial charge is 0.319 e. The second-order valence-electron chi connectivity index (χ2n) is 14.3. The van der Waals surface area contributed by atoms with Crippen molar-refractivity contribution in [2.45, 2.75) is 52.4 Å². The summed E-state index contributed by atoms with van der Waals surface area (Å²) in [4.78, 5) is 14.0. The zero-order chi connectivity index (χ0) is 32.9. The van der Waals surface area contributed by atoms with Crippen LogP contribution in [0.4, 0.5) is 5.69 Å². The third-order valence-electron chi connectivity index (χ3n) is 8.96. The van der Waals surface area contributed by atoms with Crippen LogP contribution in [-0.2, 0) is 10.8 Å². The molecule has 2 heterocycles. The highest BCUT2D eigenvalue weighted by molar-refractivity contribution is 6.10. The van der Waals surface area contributed by atoms with E-state index in [0.717, 1.165) is 44.8 Å². The van der Waals surface area contributed by atoms with Gasteiger partial charge in [-0.05, 0) is 70.0 Å². The highest BCUT2D eigenvalue weighted by atomic mass is 15.0. The number of fused-ring (bicyclic) bond motifs is 3. The quantitative estimate of drug-likeness (QED) is 0.186. The third-order valence-corrected chi connectivity index (χ3v) is 8.96. The fraction of sp³-hybridized carbons (Fsp3) is 0.186. The molecular formula is C43H38N4. The zero-order valence-electron chi connectivity index (χ0n) is 27.8. The summed E-state index contributed by atoms with van der Waals surface area (Å²) >= 11 is 0. The zero-order valence-corrected chi connectivity index (χ0v) is 27.8. The average Bonchev–Trinajstić information content (AvgIpc) is 3.41. The van der Waals surface area contributed by atoms with Crippen LogP contribution in [0.3, 0.4) is 0 Å². The lowest BCUT2D eigenvalue weighted by atomic mass is 9.85. The van der Waals surface area contributed by atoms with Crippen LogP contribution >= 0.6 is 0 Å². The van der Waals surface area contributed by atoms with E-state index in [2.05, 4.69) is 112 Å². The number of benzene rings is 5. The SMILES string of the molecule is [C-]#[N+]c1cc(-c2cc(-c3ccccc3)nc(-c3ccccc3)n2)ccc1-n1c2ccc(C(C)(C)C)cc2c2cc(C(C)(C)C)ccc21. The Morgan fingerprint density at radius 3 is 1.55 bits per heavy atom. The van der Waals surface area contributed by atoms with Crippen LogP contribution in [0.5, 0.6) is 0 Å². The highest BCUT2D eigenvalue weighted by Gasteiger charge is 2.22. The van der Waals surface area contributed by atoms with E-state index in [9.17, 15) is 0 Å². The summed E-state index contributed by atoms with van der Waals surface area (Å²) in [5, 5.41) is 2.41. The first-order valence-corrected chi connectivity index (χ1v) is 16.1. The smallest absolute Gasteiger partial charge is 0.211 e. The predicted molar refractivity (Wildman–Crippen MR) is 196 cm³/mol. The minimum atomic E-state index is 0.0162.